The highest BCUT2D eigenvalue weighted by Crippen LogP contribution is 2.64. The summed E-state index contributed by atoms with van der Waals surface area (Å²) in [6.07, 6.45) is 15.7. The number of ether oxygens (including phenoxy) is 1. The second kappa shape index (κ2) is 13.1. The van der Waals surface area contributed by atoms with Crippen LogP contribution in [-0.2, 0) is 14.0 Å². The molecule has 226 valence electrons. The van der Waals surface area contributed by atoms with Crippen molar-refractivity contribution in [1.82, 2.24) is 0 Å². The van der Waals surface area contributed by atoms with Crippen LogP contribution in [0.4, 0.5) is 0 Å². The lowest BCUT2D eigenvalue weighted by molar-refractivity contribution is -0.134. The van der Waals surface area contributed by atoms with Crippen LogP contribution in [0, 0.1) is 46.8 Å². The molecule has 0 bridgehead atoms. The molecule has 0 saturated heterocycles. The van der Waals surface area contributed by atoms with Crippen LogP contribution < -0.4 is 0 Å². The van der Waals surface area contributed by atoms with Crippen molar-refractivity contribution in [3.05, 3.63) is 12.2 Å². The summed E-state index contributed by atoms with van der Waals surface area (Å²) in [4.78, 5) is 11.7. The third kappa shape index (κ3) is 7.05. The van der Waals surface area contributed by atoms with Crippen LogP contribution in [0.1, 0.15) is 113 Å². The normalized spacial score (nSPS) is 36.8. The second-order valence-corrected chi connectivity index (χ2v) is 20.1. The Morgan fingerprint density at radius 1 is 1.18 bits per heavy atom. The van der Waals surface area contributed by atoms with Crippen molar-refractivity contribution in [2.45, 2.75) is 143 Å². The number of hydrogen-bond acceptors (Lipinski definition) is 4. The Labute approximate surface area is 242 Å². The first kappa shape index (κ1) is 32.9. The SMILES string of the molecule is CCCC[C@H](C[C@@H]1C[C@H]2CC[C@]3(C)[C@@H]([C@H](C)/C=C/C(=O)OC)CC[C@H]3[C@@H]2[C@H](O)[C@@H]1CC)O[Si](C)(C)C(C)(C)C. The van der Waals surface area contributed by atoms with Crippen molar-refractivity contribution < 1.29 is 19.1 Å². The second-order valence-electron chi connectivity index (χ2n) is 15.4. The molecule has 39 heavy (non-hydrogen) atoms. The van der Waals surface area contributed by atoms with E-state index in [1.807, 2.05) is 0 Å². The van der Waals surface area contributed by atoms with Gasteiger partial charge in [-0.25, -0.2) is 4.79 Å². The van der Waals surface area contributed by atoms with Gasteiger partial charge in [0.15, 0.2) is 8.32 Å². The van der Waals surface area contributed by atoms with E-state index >= 15 is 0 Å². The molecule has 0 unspecified atom stereocenters. The fourth-order valence-corrected chi connectivity index (χ4v) is 10.4. The molecule has 0 amide bonds. The van der Waals surface area contributed by atoms with Gasteiger partial charge in [-0.05, 0) is 110 Å². The molecule has 0 aromatic carbocycles. The number of aliphatic hydroxyl groups is 1. The van der Waals surface area contributed by atoms with Gasteiger partial charge in [0, 0.05) is 12.2 Å². The number of hydrogen-bond donors (Lipinski definition) is 1. The van der Waals surface area contributed by atoms with Gasteiger partial charge in [0.2, 0.25) is 0 Å². The van der Waals surface area contributed by atoms with E-state index in [2.05, 4.69) is 67.6 Å². The Morgan fingerprint density at radius 2 is 1.87 bits per heavy atom. The number of esters is 1. The van der Waals surface area contributed by atoms with E-state index < -0.39 is 8.32 Å². The third-order valence-corrected chi connectivity index (χ3v) is 16.7. The zero-order valence-corrected chi connectivity index (χ0v) is 28.1. The number of carbonyl (C=O) groups is 1. The van der Waals surface area contributed by atoms with E-state index in [1.54, 1.807) is 6.08 Å². The average molecular weight is 563 g/mol. The van der Waals surface area contributed by atoms with Gasteiger partial charge >= 0.3 is 5.97 Å². The number of fused-ring (bicyclic) bond motifs is 3. The molecule has 10 atom stereocenters. The Hall–Kier alpha value is -0.653. The topological polar surface area (TPSA) is 55.8 Å². The summed E-state index contributed by atoms with van der Waals surface area (Å²) in [7, 11) is -0.403. The Bertz CT molecular complexity index is 832. The van der Waals surface area contributed by atoms with Crippen molar-refractivity contribution in [2.24, 2.45) is 46.8 Å². The molecule has 1 N–H and O–H groups in total. The molecule has 0 spiro atoms. The summed E-state index contributed by atoms with van der Waals surface area (Å²) in [6.45, 7) is 21.2. The fourth-order valence-electron chi connectivity index (χ4n) is 8.96. The van der Waals surface area contributed by atoms with Crippen LogP contribution in [0.2, 0.25) is 18.1 Å². The van der Waals surface area contributed by atoms with E-state index in [9.17, 15) is 9.90 Å². The Balaban J connectivity index is 1.77. The van der Waals surface area contributed by atoms with Crippen LogP contribution >= 0.6 is 0 Å². The Morgan fingerprint density at radius 3 is 2.46 bits per heavy atom. The molecule has 0 radical (unpaired) electrons. The molecular formula is C34H62O4Si. The summed E-state index contributed by atoms with van der Waals surface area (Å²) >= 11 is 0. The van der Waals surface area contributed by atoms with Crippen LogP contribution in [0.3, 0.4) is 0 Å². The zero-order valence-electron chi connectivity index (χ0n) is 27.1. The highest BCUT2D eigenvalue weighted by molar-refractivity contribution is 6.74. The van der Waals surface area contributed by atoms with E-state index in [-0.39, 0.29) is 22.5 Å². The van der Waals surface area contributed by atoms with Crippen molar-refractivity contribution in [3.63, 3.8) is 0 Å². The van der Waals surface area contributed by atoms with Crippen molar-refractivity contribution in [2.75, 3.05) is 7.11 Å². The van der Waals surface area contributed by atoms with Gasteiger partial charge in [-0.3, -0.25) is 0 Å². The van der Waals surface area contributed by atoms with Crippen LogP contribution in [-0.4, -0.2) is 38.7 Å². The van der Waals surface area contributed by atoms with E-state index in [0.29, 0.717) is 47.5 Å². The number of aliphatic hydroxyl groups excluding tert-OH is 1. The number of methoxy groups -OCH3 is 1. The largest absolute Gasteiger partial charge is 0.466 e. The smallest absolute Gasteiger partial charge is 0.330 e. The van der Waals surface area contributed by atoms with Crippen LogP contribution in [0.25, 0.3) is 0 Å². The molecular weight excluding hydrogens is 500 g/mol. The van der Waals surface area contributed by atoms with Gasteiger partial charge < -0.3 is 14.3 Å². The van der Waals surface area contributed by atoms with E-state index in [4.69, 9.17) is 9.16 Å². The maximum Gasteiger partial charge on any atom is 0.330 e. The summed E-state index contributed by atoms with van der Waals surface area (Å²) in [5, 5.41) is 12.3. The van der Waals surface area contributed by atoms with Crippen molar-refractivity contribution in [1.29, 1.82) is 0 Å². The molecule has 3 saturated carbocycles. The van der Waals surface area contributed by atoms with Gasteiger partial charge in [-0.15, -0.1) is 0 Å². The third-order valence-electron chi connectivity index (χ3n) is 12.1. The molecule has 4 nitrogen and oxygen atoms in total. The van der Waals surface area contributed by atoms with Gasteiger partial charge in [0.25, 0.3) is 0 Å². The first-order valence-electron chi connectivity index (χ1n) is 16.3. The predicted octanol–water partition coefficient (Wildman–Crippen LogP) is 8.79. The molecule has 0 aliphatic heterocycles. The lowest BCUT2D eigenvalue weighted by Gasteiger charge is -2.56. The maximum atomic E-state index is 12.1. The van der Waals surface area contributed by atoms with Gasteiger partial charge in [0.05, 0.1) is 13.2 Å². The first-order chi connectivity index (χ1) is 18.2. The minimum atomic E-state index is -1.85. The summed E-state index contributed by atoms with van der Waals surface area (Å²) in [5.74, 6) is 3.20. The zero-order chi connectivity index (χ0) is 29.2. The number of unbranched alkanes of at least 4 members (excludes halogenated alkanes) is 1. The summed E-state index contributed by atoms with van der Waals surface area (Å²) < 4.78 is 11.9. The molecule has 5 heteroatoms. The molecule has 0 aromatic heterocycles. The molecule has 0 heterocycles. The minimum absolute atomic E-state index is 0.206. The van der Waals surface area contributed by atoms with Crippen LogP contribution in [0.15, 0.2) is 12.2 Å². The highest BCUT2D eigenvalue weighted by Gasteiger charge is 2.59. The molecule has 3 fully saturated rings. The first-order valence-corrected chi connectivity index (χ1v) is 19.2. The fraction of sp³-hybridized carbons (Fsp3) is 0.912. The molecule has 3 rings (SSSR count). The average Bonchev–Trinajstić information content (AvgIpc) is 3.21. The van der Waals surface area contributed by atoms with Gasteiger partial charge in [0.1, 0.15) is 0 Å². The lowest BCUT2D eigenvalue weighted by Crippen LogP contribution is -2.54. The molecule has 3 aliphatic carbocycles. The lowest BCUT2D eigenvalue weighted by atomic mass is 9.50. The van der Waals surface area contributed by atoms with Crippen molar-refractivity contribution in [3.8, 4) is 0 Å². The predicted molar refractivity (Wildman–Crippen MR) is 165 cm³/mol. The number of carbonyl (C=O) groups excluding carboxylic acids is 1. The maximum absolute atomic E-state index is 12.1. The van der Waals surface area contributed by atoms with Gasteiger partial charge in [-0.2, -0.15) is 0 Å². The quantitative estimate of drug-likeness (QED) is 0.155. The number of rotatable bonds is 11. The minimum Gasteiger partial charge on any atom is -0.466 e. The molecule has 0 aromatic rings. The van der Waals surface area contributed by atoms with E-state index in [0.717, 1.165) is 19.3 Å². The van der Waals surface area contributed by atoms with Crippen molar-refractivity contribution >= 4 is 14.3 Å². The monoisotopic (exact) mass is 562 g/mol. The number of allylic oxidation sites excluding steroid dienone is 1. The van der Waals surface area contributed by atoms with Gasteiger partial charge in [-0.1, -0.05) is 73.8 Å². The Kier molecular flexibility index (Phi) is 11.0. The van der Waals surface area contributed by atoms with Crippen LogP contribution in [0.5, 0.6) is 0 Å². The standard InChI is InChI=1S/C34H62O4Si/c1-11-13-14-26(38-39(9,10)33(4,5)6)22-25-21-24-19-20-34(7)28(23(3)15-18-30(35)37-8)16-17-29(34)31(24)32(36)27(25)12-2/h15,18,23-29,31-32,36H,11-14,16-17,19-22H2,1-10H3/b18-15+/t23-,24-,25+,26-,27-,28-,29+,31-,32-,34-/m1/s1. The molecule has 3 aliphatic rings. The van der Waals surface area contributed by atoms with E-state index in [1.165, 1.54) is 52.1 Å². The summed E-state index contributed by atoms with van der Waals surface area (Å²) in [5.41, 5.74) is 0.238. The summed E-state index contributed by atoms with van der Waals surface area (Å²) in [6, 6.07) is 0. The highest BCUT2D eigenvalue weighted by atomic mass is 28.4.